The maximum Gasteiger partial charge on any atom is 0.437 e. The van der Waals surface area contributed by atoms with Crippen molar-refractivity contribution >= 4 is 17.3 Å². The van der Waals surface area contributed by atoms with Crippen LogP contribution in [0.3, 0.4) is 0 Å². The summed E-state index contributed by atoms with van der Waals surface area (Å²) in [4.78, 5) is 21.8. The van der Waals surface area contributed by atoms with Gasteiger partial charge in [-0.25, -0.2) is 8.78 Å². The number of aryl methyl sites for hydroxylation is 1. The summed E-state index contributed by atoms with van der Waals surface area (Å²) in [6, 6.07) is 0. The van der Waals surface area contributed by atoms with Crippen LogP contribution >= 0.6 is 0 Å². The molecule has 0 aliphatic carbocycles. The Kier molecular flexibility index (Phi) is 4.95. The molecule has 2 rings (SSSR count). The lowest BCUT2D eigenvalue weighted by atomic mass is 10.3. The predicted molar refractivity (Wildman–Crippen MR) is 75.5 cm³/mol. The van der Waals surface area contributed by atoms with Crippen LogP contribution in [0, 0.1) is 24.0 Å². The highest BCUT2D eigenvalue weighted by Gasteiger charge is 2.38. The second-order valence-electron chi connectivity index (χ2n) is 5.15. The molecule has 0 unspecified atom stereocenters. The monoisotopic (exact) mass is 382 g/mol. The normalized spacial score (nSPS) is 11.8. The van der Waals surface area contributed by atoms with Crippen LogP contribution in [0.5, 0.6) is 0 Å². The van der Waals surface area contributed by atoms with E-state index in [2.05, 4.69) is 15.3 Å². The van der Waals surface area contributed by atoms with E-state index in [9.17, 15) is 36.9 Å². The van der Waals surface area contributed by atoms with Crippen molar-refractivity contribution in [2.75, 3.05) is 5.32 Å². The maximum absolute atomic E-state index is 12.8. The predicted octanol–water partition coefficient (Wildman–Crippen LogP) is 2.73. The number of nitro groups is 1. The highest BCUT2D eigenvalue weighted by molar-refractivity contribution is 5.91. The van der Waals surface area contributed by atoms with Crippen LogP contribution in [0.4, 0.5) is 33.3 Å². The SMILES string of the molecule is Cc1[nH]nc(C(F)(F)F)c1NC(=O)Cn1nc(C(F)F)c([N+](=O)[O-])c1C. The summed E-state index contributed by atoms with van der Waals surface area (Å²) >= 11 is 0. The van der Waals surface area contributed by atoms with Crippen LogP contribution < -0.4 is 5.32 Å². The smallest absolute Gasteiger partial charge is 0.321 e. The first-order chi connectivity index (χ1) is 11.9. The molecule has 0 bridgehead atoms. The first-order valence-electron chi connectivity index (χ1n) is 6.85. The fourth-order valence-electron chi connectivity index (χ4n) is 2.19. The molecule has 2 heterocycles. The molecule has 0 spiro atoms. The molecule has 142 valence electrons. The first kappa shape index (κ1) is 19.3. The molecule has 2 N–H and O–H groups in total. The number of alkyl halides is 5. The number of amides is 1. The average Bonchev–Trinajstić information content (AvgIpc) is 3.00. The lowest BCUT2D eigenvalue weighted by molar-refractivity contribution is -0.386. The number of rotatable bonds is 5. The third-order valence-electron chi connectivity index (χ3n) is 3.36. The second-order valence-corrected chi connectivity index (χ2v) is 5.15. The van der Waals surface area contributed by atoms with Crippen molar-refractivity contribution in [1.82, 2.24) is 20.0 Å². The number of hydrogen-bond donors (Lipinski definition) is 2. The first-order valence-corrected chi connectivity index (χ1v) is 6.85. The highest BCUT2D eigenvalue weighted by Crippen LogP contribution is 2.35. The van der Waals surface area contributed by atoms with Gasteiger partial charge in [-0.1, -0.05) is 0 Å². The molecule has 2 aromatic heterocycles. The Morgan fingerprint density at radius 2 is 2.00 bits per heavy atom. The van der Waals surface area contributed by atoms with Gasteiger partial charge in [-0.15, -0.1) is 0 Å². The van der Waals surface area contributed by atoms with Crippen molar-refractivity contribution in [3.05, 3.63) is 32.9 Å². The van der Waals surface area contributed by atoms with E-state index in [1.807, 2.05) is 5.32 Å². The van der Waals surface area contributed by atoms with Gasteiger partial charge in [0.25, 0.3) is 6.43 Å². The van der Waals surface area contributed by atoms with Crippen LogP contribution in [-0.4, -0.2) is 30.8 Å². The zero-order chi connectivity index (χ0) is 19.8. The molecule has 26 heavy (non-hydrogen) atoms. The summed E-state index contributed by atoms with van der Waals surface area (Å²) < 4.78 is 64.8. The van der Waals surface area contributed by atoms with E-state index < -0.39 is 52.7 Å². The van der Waals surface area contributed by atoms with Crippen LogP contribution in [0.2, 0.25) is 0 Å². The minimum absolute atomic E-state index is 0.0814. The number of nitrogens with one attached hydrogen (secondary N) is 2. The standard InChI is InChI=1S/C12H11F5N6O3/c1-4-7(10(20-19-4)12(15,16)17)18-6(24)3-22-5(2)9(23(25)26)8(21-22)11(13)14/h11H,3H2,1-2H3,(H,18,24)(H,19,20). The molecule has 0 saturated heterocycles. The van der Waals surface area contributed by atoms with Crippen molar-refractivity contribution in [1.29, 1.82) is 0 Å². The second kappa shape index (κ2) is 6.68. The van der Waals surface area contributed by atoms with Gasteiger partial charge in [-0.05, 0) is 13.8 Å². The van der Waals surface area contributed by atoms with Crippen molar-refractivity contribution in [3.63, 3.8) is 0 Å². The number of H-pyrrole nitrogens is 1. The van der Waals surface area contributed by atoms with Crippen LogP contribution in [-0.2, 0) is 17.5 Å². The summed E-state index contributed by atoms with van der Waals surface area (Å²) in [6.45, 7) is 1.52. The molecule has 0 saturated carbocycles. The number of halogens is 5. The number of hydrogen-bond acceptors (Lipinski definition) is 5. The van der Waals surface area contributed by atoms with Gasteiger partial charge in [0.2, 0.25) is 11.6 Å². The van der Waals surface area contributed by atoms with Crippen LogP contribution in [0.25, 0.3) is 0 Å². The molecule has 0 atom stereocenters. The topological polar surface area (TPSA) is 119 Å². The molecule has 0 aliphatic rings. The van der Waals surface area contributed by atoms with E-state index >= 15 is 0 Å². The van der Waals surface area contributed by atoms with E-state index in [0.29, 0.717) is 4.68 Å². The minimum Gasteiger partial charge on any atom is -0.321 e. The number of carbonyl (C=O) groups excluding carboxylic acids is 1. The van der Waals surface area contributed by atoms with Gasteiger partial charge in [-0.2, -0.15) is 23.4 Å². The Balaban J connectivity index is 2.29. The molecule has 0 radical (unpaired) electrons. The summed E-state index contributed by atoms with van der Waals surface area (Å²) in [5.74, 6) is -1.05. The van der Waals surface area contributed by atoms with Crippen molar-refractivity contribution in [2.45, 2.75) is 33.0 Å². The van der Waals surface area contributed by atoms with E-state index in [-0.39, 0.29) is 11.4 Å². The number of carbonyl (C=O) groups is 1. The molecular formula is C12H11F5N6O3. The maximum atomic E-state index is 12.8. The summed E-state index contributed by atoms with van der Waals surface area (Å²) in [5.41, 5.74) is -4.49. The largest absolute Gasteiger partial charge is 0.437 e. The Labute approximate surface area is 141 Å². The lowest BCUT2D eigenvalue weighted by Crippen LogP contribution is -2.22. The van der Waals surface area contributed by atoms with E-state index in [1.54, 1.807) is 0 Å². The molecule has 0 fully saturated rings. The fraction of sp³-hybridized carbons (Fsp3) is 0.417. The number of nitrogens with zero attached hydrogens (tertiary/aromatic N) is 4. The van der Waals surface area contributed by atoms with Crippen LogP contribution in [0.15, 0.2) is 0 Å². The van der Waals surface area contributed by atoms with Gasteiger partial charge in [0.15, 0.2) is 5.69 Å². The Morgan fingerprint density at radius 3 is 2.46 bits per heavy atom. The molecule has 0 aromatic carbocycles. The van der Waals surface area contributed by atoms with Crippen molar-refractivity contribution < 1.29 is 31.7 Å². The van der Waals surface area contributed by atoms with Crippen molar-refractivity contribution in [3.8, 4) is 0 Å². The third-order valence-corrected chi connectivity index (χ3v) is 3.36. The molecule has 14 heteroatoms. The van der Waals surface area contributed by atoms with Gasteiger partial charge >= 0.3 is 11.9 Å². The Hall–Kier alpha value is -3.06. The minimum atomic E-state index is -4.84. The molecule has 9 nitrogen and oxygen atoms in total. The van der Waals surface area contributed by atoms with E-state index in [1.165, 1.54) is 6.92 Å². The highest BCUT2D eigenvalue weighted by atomic mass is 19.4. The molecular weight excluding hydrogens is 371 g/mol. The van der Waals surface area contributed by atoms with Gasteiger partial charge in [-0.3, -0.25) is 24.7 Å². The lowest BCUT2D eigenvalue weighted by Gasteiger charge is -2.09. The third kappa shape index (κ3) is 3.62. The fourth-order valence-corrected chi connectivity index (χ4v) is 2.19. The van der Waals surface area contributed by atoms with E-state index in [0.717, 1.165) is 6.92 Å². The summed E-state index contributed by atoms with van der Waals surface area (Å²) in [5, 5.41) is 21.3. The van der Waals surface area contributed by atoms with Gasteiger partial charge in [0.1, 0.15) is 12.2 Å². The molecule has 1 amide bonds. The van der Waals surface area contributed by atoms with Gasteiger partial charge < -0.3 is 5.32 Å². The molecule has 0 aliphatic heterocycles. The van der Waals surface area contributed by atoms with Gasteiger partial charge in [0, 0.05) is 0 Å². The number of anilines is 1. The summed E-state index contributed by atoms with van der Waals surface area (Å²) in [6.07, 6.45) is -8.09. The zero-order valence-corrected chi connectivity index (χ0v) is 13.2. The van der Waals surface area contributed by atoms with Crippen LogP contribution in [0.1, 0.15) is 29.2 Å². The average molecular weight is 382 g/mol. The molecule has 2 aromatic rings. The Morgan fingerprint density at radius 1 is 1.38 bits per heavy atom. The van der Waals surface area contributed by atoms with Crippen molar-refractivity contribution in [2.24, 2.45) is 0 Å². The number of aromatic nitrogens is 4. The number of aromatic amines is 1. The van der Waals surface area contributed by atoms with Gasteiger partial charge in [0.05, 0.1) is 16.3 Å². The zero-order valence-electron chi connectivity index (χ0n) is 13.2. The quantitative estimate of drug-likeness (QED) is 0.468. The Bertz CT molecular complexity index is 856. The summed E-state index contributed by atoms with van der Waals surface area (Å²) in [7, 11) is 0. The van der Waals surface area contributed by atoms with E-state index in [4.69, 9.17) is 0 Å².